The van der Waals surface area contributed by atoms with E-state index in [1.807, 2.05) is 20.0 Å². The normalized spacial score (nSPS) is 21.0. The van der Waals surface area contributed by atoms with Crippen LogP contribution in [0.2, 0.25) is 0 Å². The van der Waals surface area contributed by atoms with Crippen LogP contribution in [0.15, 0.2) is 77.0 Å². The van der Waals surface area contributed by atoms with Gasteiger partial charge in [-0.1, -0.05) is 26.0 Å². The zero-order valence-electron chi connectivity index (χ0n) is 20.3. The van der Waals surface area contributed by atoms with Gasteiger partial charge >= 0.3 is 0 Å². The van der Waals surface area contributed by atoms with Gasteiger partial charge in [-0.25, -0.2) is 4.39 Å². The molecule has 1 saturated heterocycles. The fourth-order valence-corrected chi connectivity index (χ4v) is 4.85. The lowest BCUT2D eigenvalue weighted by atomic mass is 10.0. The third-order valence-electron chi connectivity index (χ3n) is 6.40. The van der Waals surface area contributed by atoms with Crippen molar-refractivity contribution in [2.45, 2.75) is 49.5 Å². The van der Waals surface area contributed by atoms with E-state index in [9.17, 15) is 4.39 Å². The summed E-state index contributed by atoms with van der Waals surface area (Å²) in [5.74, 6) is 0.610. The number of methoxy groups -OCH3 is 1. The summed E-state index contributed by atoms with van der Waals surface area (Å²) in [5, 5.41) is 7.19. The van der Waals surface area contributed by atoms with Gasteiger partial charge in [0.05, 0.1) is 6.54 Å². The zero-order valence-corrected chi connectivity index (χ0v) is 21.1. The standard InChI is InChI=1S/C25H28FN3O2S.C2H6/c1-30-24(28-25(11-12-25)18-3-9-21(32-2)10-4-18)17-15-22-23(27-16-17)29(13-14-31-22)20-7-5-19(26)6-8-20;1-2/h3-10,15-16,23-24,27-28H,11-14H2,1-2H3;1-2H3. The molecule has 182 valence electrons. The number of morpholine rings is 1. The number of hydrogen-bond donors (Lipinski definition) is 2. The molecule has 5 rings (SSSR count). The molecule has 0 amide bonds. The highest BCUT2D eigenvalue weighted by Crippen LogP contribution is 2.46. The van der Waals surface area contributed by atoms with E-state index in [-0.39, 0.29) is 23.7 Å². The number of dihydropyridines is 1. The fourth-order valence-electron chi connectivity index (χ4n) is 4.44. The minimum atomic E-state index is -0.261. The lowest BCUT2D eigenvalue weighted by Gasteiger charge is -2.41. The van der Waals surface area contributed by atoms with Crippen LogP contribution < -0.4 is 15.5 Å². The minimum absolute atomic E-state index is 0.0542. The first-order valence-corrected chi connectivity index (χ1v) is 13.1. The van der Waals surface area contributed by atoms with E-state index in [0.29, 0.717) is 6.61 Å². The number of benzene rings is 2. The number of fused-ring (bicyclic) bond motifs is 1. The average Bonchev–Trinajstić information content (AvgIpc) is 3.69. The Balaban J connectivity index is 0.00000133. The monoisotopic (exact) mass is 483 g/mol. The Morgan fingerprint density at radius 2 is 1.85 bits per heavy atom. The van der Waals surface area contributed by atoms with Gasteiger partial charge < -0.3 is 19.7 Å². The minimum Gasteiger partial charge on any atom is -0.492 e. The molecule has 5 nitrogen and oxygen atoms in total. The summed E-state index contributed by atoms with van der Waals surface area (Å²) in [7, 11) is 1.72. The third kappa shape index (κ3) is 5.11. The Bertz CT molecular complexity index is 1020. The smallest absolute Gasteiger partial charge is 0.158 e. The maximum absolute atomic E-state index is 13.4. The number of hydrogen-bond acceptors (Lipinski definition) is 6. The van der Waals surface area contributed by atoms with E-state index in [1.54, 1.807) is 31.0 Å². The largest absolute Gasteiger partial charge is 0.492 e. The molecule has 0 radical (unpaired) electrons. The number of anilines is 1. The SMILES string of the molecule is CC.COC(NC1(c2ccc(SC)cc2)CC1)C1=CNC2C(=C1)OCCN2c1ccc(F)cc1. The number of ether oxygens (including phenoxy) is 2. The highest BCUT2D eigenvalue weighted by atomic mass is 32.2. The molecule has 3 aliphatic rings. The topological polar surface area (TPSA) is 45.8 Å². The van der Waals surface area contributed by atoms with Gasteiger partial charge in [0.2, 0.25) is 0 Å². The molecule has 2 aliphatic heterocycles. The Hall–Kier alpha value is -2.48. The molecule has 1 aliphatic carbocycles. The maximum atomic E-state index is 13.4. The van der Waals surface area contributed by atoms with Crippen LogP contribution in [0, 0.1) is 5.82 Å². The molecule has 0 aromatic heterocycles. The highest BCUT2D eigenvalue weighted by molar-refractivity contribution is 7.98. The first-order chi connectivity index (χ1) is 16.6. The van der Waals surface area contributed by atoms with E-state index in [0.717, 1.165) is 36.4 Å². The molecule has 2 heterocycles. The predicted octanol–water partition coefficient (Wildman–Crippen LogP) is 5.36. The van der Waals surface area contributed by atoms with Crippen LogP contribution in [0.25, 0.3) is 0 Å². The van der Waals surface area contributed by atoms with Crippen LogP contribution in [-0.2, 0) is 15.0 Å². The van der Waals surface area contributed by atoms with Crippen molar-refractivity contribution in [1.29, 1.82) is 0 Å². The lowest BCUT2D eigenvalue weighted by molar-refractivity contribution is 0.0866. The van der Waals surface area contributed by atoms with Crippen LogP contribution in [0.4, 0.5) is 10.1 Å². The number of nitrogens with one attached hydrogen (secondary N) is 2. The van der Waals surface area contributed by atoms with Crippen molar-refractivity contribution in [2.24, 2.45) is 0 Å². The number of thioether (sulfide) groups is 1. The van der Waals surface area contributed by atoms with E-state index in [4.69, 9.17) is 9.47 Å². The summed E-state index contributed by atoms with van der Waals surface area (Å²) >= 11 is 1.75. The Labute approximate surface area is 206 Å². The molecule has 0 bridgehead atoms. The summed E-state index contributed by atoms with van der Waals surface area (Å²) < 4.78 is 25.2. The molecule has 7 heteroatoms. The Morgan fingerprint density at radius 1 is 1.15 bits per heavy atom. The fraction of sp³-hybridized carbons (Fsp3) is 0.407. The molecule has 2 N–H and O–H groups in total. The van der Waals surface area contributed by atoms with Crippen molar-refractivity contribution in [3.8, 4) is 0 Å². The van der Waals surface area contributed by atoms with Gasteiger partial charge in [-0.15, -0.1) is 11.8 Å². The van der Waals surface area contributed by atoms with Crippen molar-refractivity contribution in [3.05, 3.63) is 83.5 Å². The Morgan fingerprint density at radius 3 is 2.47 bits per heavy atom. The maximum Gasteiger partial charge on any atom is 0.158 e. The summed E-state index contributed by atoms with van der Waals surface area (Å²) in [6, 6.07) is 15.4. The molecule has 2 aromatic rings. The molecular weight excluding hydrogens is 449 g/mol. The molecule has 34 heavy (non-hydrogen) atoms. The van der Waals surface area contributed by atoms with Crippen molar-refractivity contribution < 1.29 is 13.9 Å². The van der Waals surface area contributed by atoms with E-state index >= 15 is 0 Å². The van der Waals surface area contributed by atoms with Crippen LogP contribution in [-0.4, -0.2) is 38.9 Å². The number of nitrogens with zero attached hydrogens (tertiary/aromatic N) is 1. The van der Waals surface area contributed by atoms with Gasteiger partial charge in [0.1, 0.15) is 24.4 Å². The summed E-state index contributed by atoms with van der Waals surface area (Å²) in [5.41, 5.74) is 3.19. The van der Waals surface area contributed by atoms with Crippen LogP contribution in [0.5, 0.6) is 0 Å². The molecule has 2 atom stereocenters. The number of rotatable bonds is 7. The third-order valence-corrected chi connectivity index (χ3v) is 7.14. The summed E-state index contributed by atoms with van der Waals surface area (Å²) in [6.45, 7) is 5.30. The lowest BCUT2D eigenvalue weighted by Crippen LogP contribution is -2.53. The highest BCUT2D eigenvalue weighted by Gasteiger charge is 2.46. The van der Waals surface area contributed by atoms with E-state index in [1.165, 1.54) is 22.6 Å². The van der Waals surface area contributed by atoms with Crippen LogP contribution in [0.3, 0.4) is 0 Å². The van der Waals surface area contributed by atoms with Gasteiger partial charge in [0.15, 0.2) is 6.17 Å². The molecular formula is C27H34FN3O2S. The van der Waals surface area contributed by atoms with Crippen molar-refractivity contribution >= 4 is 17.4 Å². The van der Waals surface area contributed by atoms with Gasteiger partial charge in [0.25, 0.3) is 0 Å². The molecule has 1 saturated carbocycles. The van der Waals surface area contributed by atoms with Gasteiger partial charge in [-0.05, 0) is 67.1 Å². The predicted molar refractivity (Wildman–Crippen MR) is 137 cm³/mol. The first-order valence-electron chi connectivity index (χ1n) is 11.9. The van der Waals surface area contributed by atoms with E-state index in [2.05, 4.69) is 52.1 Å². The molecule has 0 spiro atoms. The quantitative estimate of drug-likeness (QED) is 0.408. The van der Waals surface area contributed by atoms with E-state index < -0.39 is 0 Å². The van der Waals surface area contributed by atoms with Crippen LogP contribution in [0.1, 0.15) is 32.3 Å². The second-order valence-corrected chi connectivity index (χ2v) is 9.23. The van der Waals surface area contributed by atoms with Gasteiger partial charge in [0, 0.05) is 35.0 Å². The summed E-state index contributed by atoms with van der Waals surface area (Å²) in [4.78, 5) is 3.45. The first kappa shape index (κ1) is 24.6. The molecule has 2 unspecified atom stereocenters. The summed E-state index contributed by atoms with van der Waals surface area (Å²) in [6.07, 6.45) is 7.93. The average molecular weight is 484 g/mol. The van der Waals surface area contributed by atoms with Crippen molar-refractivity contribution in [1.82, 2.24) is 10.6 Å². The van der Waals surface area contributed by atoms with Crippen molar-refractivity contribution in [2.75, 3.05) is 31.4 Å². The number of halogens is 1. The van der Waals surface area contributed by atoms with Gasteiger partial charge in [-0.2, -0.15) is 0 Å². The Kier molecular flexibility index (Phi) is 7.86. The van der Waals surface area contributed by atoms with Crippen molar-refractivity contribution in [3.63, 3.8) is 0 Å². The molecule has 2 aromatic carbocycles. The van der Waals surface area contributed by atoms with Gasteiger partial charge in [-0.3, -0.25) is 5.32 Å². The molecule has 2 fully saturated rings. The second kappa shape index (κ2) is 10.8. The zero-order chi connectivity index (χ0) is 24.1. The second-order valence-electron chi connectivity index (χ2n) is 8.35. The van der Waals surface area contributed by atoms with Crippen LogP contribution >= 0.6 is 11.8 Å².